The zero-order chi connectivity index (χ0) is 14.5. The second-order valence-electron chi connectivity index (χ2n) is 3.78. The lowest BCUT2D eigenvalue weighted by atomic mass is 10.3. The van der Waals surface area contributed by atoms with Gasteiger partial charge in [0.25, 0.3) is 5.91 Å². The number of benzene rings is 1. The number of nitrogens with zero attached hydrogens (tertiary/aromatic N) is 2. The first-order valence-electron chi connectivity index (χ1n) is 5.85. The molecule has 0 radical (unpaired) electrons. The standard InChI is InChI=1S/C12H13BrN4O2S/c1-3-14-12-17-16-11(20-12)10(18)15-8-4-7(13)5-9(6-8)19-2/h4-6H,3H2,1-2H3,(H,14,17)(H,15,18). The highest BCUT2D eigenvalue weighted by molar-refractivity contribution is 9.10. The molecule has 106 valence electrons. The highest BCUT2D eigenvalue weighted by Crippen LogP contribution is 2.25. The largest absolute Gasteiger partial charge is 0.497 e. The second kappa shape index (κ2) is 6.67. The Balaban J connectivity index is 2.12. The SMILES string of the molecule is CCNc1nnc(C(=O)Nc2cc(Br)cc(OC)c2)s1. The summed E-state index contributed by atoms with van der Waals surface area (Å²) in [7, 11) is 1.57. The number of hydrogen-bond acceptors (Lipinski definition) is 6. The Morgan fingerprint density at radius 1 is 1.40 bits per heavy atom. The zero-order valence-corrected chi connectivity index (χ0v) is 13.3. The number of methoxy groups -OCH3 is 1. The topological polar surface area (TPSA) is 76.1 Å². The molecule has 1 amide bonds. The fourth-order valence-electron chi connectivity index (χ4n) is 1.47. The Kier molecular flexibility index (Phi) is 4.91. The smallest absolute Gasteiger partial charge is 0.286 e. The van der Waals surface area contributed by atoms with Crippen molar-refractivity contribution in [1.82, 2.24) is 10.2 Å². The van der Waals surface area contributed by atoms with Gasteiger partial charge in [-0.25, -0.2) is 0 Å². The van der Waals surface area contributed by atoms with Gasteiger partial charge in [0.15, 0.2) is 0 Å². The molecule has 6 nitrogen and oxygen atoms in total. The molecule has 0 spiro atoms. The summed E-state index contributed by atoms with van der Waals surface area (Å²) in [5.74, 6) is 0.354. The highest BCUT2D eigenvalue weighted by atomic mass is 79.9. The summed E-state index contributed by atoms with van der Waals surface area (Å²) < 4.78 is 5.96. The van der Waals surface area contributed by atoms with Crippen molar-refractivity contribution in [2.24, 2.45) is 0 Å². The molecule has 0 saturated carbocycles. The Labute approximate surface area is 128 Å². The third-order valence-electron chi connectivity index (χ3n) is 2.31. The van der Waals surface area contributed by atoms with E-state index in [0.29, 0.717) is 21.6 Å². The summed E-state index contributed by atoms with van der Waals surface area (Å²) in [5.41, 5.74) is 0.626. The van der Waals surface area contributed by atoms with Crippen molar-refractivity contribution >= 4 is 44.0 Å². The number of amides is 1. The summed E-state index contributed by atoms with van der Waals surface area (Å²) in [6, 6.07) is 5.32. The molecule has 0 bridgehead atoms. The maximum absolute atomic E-state index is 12.1. The maximum atomic E-state index is 12.1. The number of ether oxygens (including phenoxy) is 1. The number of carbonyl (C=O) groups is 1. The molecule has 0 atom stereocenters. The molecule has 8 heteroatoms. The minimum absolute atomic E-state index is 0.299. The van der Waals surface area contributed by atoms with Gasteiger partial charge in [-0.3, -0.25) is 4.79 Å². The molecule has 0 unspecified atom stereocenters. The van der Waals surface area contributed by atoms with Crippen LogP contribution in [0.3, 0.4) is 0 Å². The van der Waals surface area contributed by atoms with E-state index in [9.17, 15) is 4.79 Å². The molecule has 1 aromatic heterocycles. The number of hydrogen-bond donors (Lipinski definition) is 2. The zero-order valence-electron chi connectivity index (χ0n) is 10.9. The van der Waals surface area contributed by atoms with Gasteiger partial charge in [-0.1, -0.05) is 27.3 Å². The Hall–Kier alpha value is -1.67. The van der Waals surface area contributed by atoms with Gasteiger partial charge < -0.3 is 15.4 Å². The van der Waals surface area contributed by atoms with Crippen molar-refractivity contribution in [2.75, 3.05) is 24.3 Å². The molecule has 2 aromatic rings. The van der Waals surface area contributed by atoms with E-state index in [2.05, 4.69) is 36.8 Å². The molecule has 0 fully saturated rings. The molecule has 0 saturated heterocycles. The van der Waals surface area contributed by atoms with E-state index in [-0.39, 0.29) is 5.91 Å². The van der Waals surface area contributed by atoms with E-state index in [4.69, 9.17) is 4.74 Å². The first kappa shape index (κ1) is 14.7. The first-order valence-corrected chi connectivity index (χ1v) is 7.46. The molecule has 0 aliphatic heterocycles. The van der Waals surface area contributed by atoms with Crippen LogP contribution in [0, 0.1) is 0 Å². The minimum atomic E-state index is -0.299. The summed E-state index contributed by atoms with van der Waals surface area (Å²) in [4.78, 5) is 12.1. The first-order chi connectivity index (χ1) is 9.62. The van der Waals surface area contributed by atoms with Gasteiger partial charge in [-0.15, -0.1) is 10.2 Å². The minimum Gasteiger partial charge on any atom is -0.497 e. The molecule has 0 aliphatic rings. The van der Waals surface area contributed by atoms with E-state index in [1.54, 1.807) is 19.2 Å². The number of anilines is 2. The van der Waals surface area contributed by atoms with E-state index in [1.165, 1.54) is 11.3 Å². The van der Waals surface area contributed by atoms with E-state index in [1.807, 2.05) is 13.0 Å². The summed E-state index contributed by atoms with van der Waals surface area (Å²) >= 11 is 4.57. The highest BCUT2D eigenvalue weighted by Gasteiger charge is 2.13. The third-order valence-corrected chi connectivity index (χ3v) is 3.65. The predicted octanol–water partition coefficient (Wildman–Crippen LogP) is 2.99. The van der Waals surface area contributed by atoms with Crippen LogP contribution in [0.1, 0.15) is 16.7 Å². The van der Waals surface area contributed by atoms with E-state index >= 15 is 0 Å². The van der Waals surface area contributed by atoms with Crippen LogP contribution in [0.4, 0.5) is 10.8 Å². The molecular formula is C12H13BrN4O2S. The van der Waals surface area contributed by atoms with Crippen LogP contribution in [0.2, 0.25) is 0 Å². The molecule has 20 heavy (non-hydrogen) atoms. The van der Waals surface area contributed by atoms with E-state index in [0.717, 1.165) is 11.0 Å². The van der Waals surface area contributed by atoms with Gasteiger partial charge in [0, 0.05) is 22.8 Å². The lowest BCUT2D eigenvalue weighted by Gasteiger charge is -2.06. The lowest BCUT2D eigenvalue weighted by molar-refractivity contribution is 0.102. The molecule has 1 aromatic carbocycles. The Morgan fingerprint density at radius 2 is 2.20 bits per heavy atom. The number of aromatic nitrogens is 2. The number of rotatable bonds is 5. The van der Waals surface area contributed by atoms with Crippen LogP contribution in [-0.2, 0) is 0 Å². The lowest BCUT2D eigenvalue weighted by Crippen LogP contribution is -2.11. The van der Waals surface area contributed by atoms with Crippen molar-refractivity contribution in [3.05, 3.63) is 27.7 Å². The number of carbonyl (C=O) groups excluding carboxylic acids is 1. The summed E-state index contributed by atoms with van der Waals surface area (Å²) in [6.45, 7) is 2.69. The predicted molar refractivity (Wildman–Crippen MR) is 82.7 cm³/mol. The van der Waals surface area contributed by atoms with Crippen LogP contribution in [0.25, 0.3) is 0 Å². The Morgan fingerprint density at radius 3 is 2.90 bits per heavy atom. The Bertz CT molecular complexity index is 617. The summed E-state index contributed by atoms with van der Waals surface area (Å²) in [6.07, 6.45) is 0. The maximum Gasteiger partial charge on any atom is 0.286 e. The monoisotopic (exact) mass is 356 g/mol. The second-order valence-corrected chi connectivity index (χ2v) is 5.67. The van der Waals surface area contributed by atoms with Crippen LogP contribution in [0.5, 0.6) is 5.75 Å². The van der Waals surface area contributed by atoms with Crippen LogP contribution in [0.15, 0.2) is 22.7 Å². The molecule has 1 heterocycles. The van der Waals surface area contributed by atoms with Crippen molar-refractivity contribution in [2.45, 2.75) is 6.92 Å². The van der Waals surface area contributed by atoms with Gasteiger partial charge in [-0.2, -0.15) is 0 Å². The van der Waals surface area contributed by atoms with Crippen molar-refractivity contribution < 1.29 is 9.53 Å². The van der Waals surface area contributed by atoms with Crippen LogP contribution < -0.4 is 15.4 Å². The fraction of sp³-hybridized carbons (Fsp3) is 0.250. The number of halogens is 1. The van der Waals surface area contributed by atoms with Gasteiger partial charge >= 0.3 is 0 Å². The quantitative estimate of drug-likeness (QED) is 0.860. The van der Waals surface area contributed by atoms with Crippen molar-refractivity contribution in [3.8, 4) is 5.75 Å². The average Bonchev–Trinajstić information content (AvgIpc) is 2.87. The molecule has 2 rings (SSSR count). The normalized spacial score (nSPS) is 10.2. The van der Waals surface area contributed by atoms with Crippen LogP contribution in [-0.4, -0.2) is 29.8 Å². The molecule has 2 N–H and O–H groups in total. The summed E-state index contributed by atoms with van der Waals surface area (Å²) in [5, 5.41) is 14.4. The van der Waals surface area contributed by atoms with Gasteiger partial charge in [0.1, 0.15) is 5.75 Å². The van der Waals surface area contributed by atoms with Gasteiger partial charge in [0.2, 0.25) is 10.1 Å². The van der Waals surface area contributed by atoms with Gasteiger partial charge in [0.05, 0.1) is 7.11 Å². The van der Waals surface area contributed by atoms with E-state index < -0.39 is 0 Å². The molecule has 0 aliphatic carbocycles. The third kappa shape index (κ3) is 3.67. The average molecular weight is 357 g/mol. The number of nitrogens with one attached hydrogen (secondary N) is 2. The van der Waals surface area contributed by atoms with Gasteiger partial charge in [-0.05, 0) is 19.1 Å². The van der Waals surface area contributed by atoms with Crippen molar-refractivity contribution in [3.63, 3.8) is 0 Å². The van der Waals surface area contributed by atoms with Crippen molar-refractivity contribution in [1.29, 1.82) is 0 Å². The molecular weight excluding hydrogens is 344 g/mol. The fourth-order valence-corrected chi connectivity index (χ4v) is 2.65. The van der Waals surface area contributed by atoms with Crippen LogP contribution >= 0.6 is 27.3 Å².